The van der Waals surface area contributed by atoms with Crippen molar-refractivity contribution >= 4 is 22.5 Å². The standard InChI is InChI=1S/C16H12F4N4O3/c17-9-5-11-8(6-24(23-11)7-14(25)26)4-12(9)22-15(27)10-2-1-3-13(21-10)16(18,19)20/h1-6,14,25-26H,7H2,(H,22,27). The minimum atomic E-state index is -4.72. The van der Waals surface area contributed by atoms with Crippen molar-refractivity contribution in [1.29, 1.82) is 0 Å². The van der Waals surface area contributed by atoms with Gasteiger partial charge in [0.25, 0.3) is 5.91 Å². The molecule has 0 saturated heterocycles. The van der Waals surface area contributed by atoms with Crippen LogP contribution in [0.3, 0.4) is 0 Å². The van der Waals surface area contributed by atoms with Crippen molar-refractivity contribution in [3.63, 3.8) is 0 Å². The predicted octanol–water partition coefficient (Wildman–Crippen LogP) is 2.15. The average Bonchev–Trinajstić information content (AvgIpc) is 2.94. The number of halogens is 4. The highest BCUT2D eigenvalue weighted by Crippen LogP contribution is 2.28. The fraction of sp³-hybridized carbons (Fsp3) is 0.188. The van der Waals surface area contributed by atoms with Gasteiger partial charge in [-0.05, 0) is 18.2 Å². The van der Waals surface area contributed by atoms with Crippen LogP contribution in [0.1, 0.15) is 16.2 Å². The van der Waals surface area contributed by atoms with Crippen LogP contribution in [0.4, 0.5) is 23.2 Å². The third-order valence-corrected chi connectivity index (χ3v) is 3.51. The molecule has 142 valence electrons. The van der Waals surface area contributed by atoms with E-state index in [4.69, 9.17) is 10.2 Å². The minimum Gasteiger partial charge on any atom is -0.367 e. The van der Waals surface area contributed by atoms with Crippen molar-refractivity contribution in [3.8, 4) is 0 Å². The molecule has 0 unspecified atom stereocenters. The Morgan fingerprint density at radius 1 is 1.26 bits per heavy atom. The smallest absolute Gasteiger partial charge is 0.367 e. The van der Waals surface area contributed by atoms with Crippen LogP contribution in [0.2, 0.25) is 0 Å². The zero-order valence-electron chi connectivity index (χ0n) is 13.4. The summed E-state index contributed by atoms with van der Waals surface area (Å²) in [6, 6.07) is 5.04. The van der Waals surface area contributed by atoms with Gasteiger partial charge in [0, 0.05) is 17.6 Å². The number of carbonyl (C=O) groups excluding carboxylic acids is 1. The maximum absolute atomic E-state index is 14.2. The number of hydrogen-bond donors (Lipinski definition) is 3. The van der Waals surface area contributed by atoms with Gasteiger partial charge in [-0.25, -0.2) is 9.37 Å². The molecule has 0 bridgehead atoms. The lowest BCUT2D eigenvalue weighted by atomic mass is 10.2. The molecule has 0 aliphatic carbocycles. The first kappa shape index (κ1) is 18.7. The second-order valence-electron chi connectivity index (χ2n) is 5.58. The third-order valence-electron chi connectivity index (χ3n) is 3.51. The van der Waals surface area contributed by atoms with Gasteiger partial charge in [0.1, 0.15) is 17.2 Å². The van der Waals surface area contributed by atoms with Crippen LogP contribution in [0.15, 0.2) is 36.5 Å². The molecule has 3 N–H and O–H groups in total. The first-order valence-electron chi connectivity index (χ1n) is 7.52. The van der Waals surface area contributed by atoms with Crippen molar-refractivity contribution in [2.24, 2.45) is 0 Å². The van der Waals surface area contributed by atoms with Gasteiger partial charge in [-0.2, -0.15) is 18.3 Å². The van der Waals surface area contributed by atoms with Crippen molar-refractivity contribution in [2.75, 3.05) is 5.32 Å². The monoisotopic (exact) mass is 384 g/mol. The Hall–Kier alpha value is -3.05. The van der Waals surface area contributed by atoms with Gasteiger partial charge in [0.15, 0.2) is 6.29 Å². The highest BCUT2D eigenvalue weighted by molar-refractivity contribution is 6.03. The molecule has 0 aliphatic rings. The highest BCUT2D eigenvalue weighted by atomic mass is 19.4. The van der Waals surface area contributed by atoms with Gasteiger partial charge >= 0.3 is 6.18 Å². The van der Waals surface area contributed by atoms with E-state index in [0.29, 0.717) is 11.5 Å². The largest absolute Gasteiger partial charge is 0.433 e. The summed E-state index contributed by atoms with van der Waals surface area (Å²) in [5, 5.41) is 24.4. The average molecular weight is 384 g/mol. The molecule has 3 aromatic rings. The van der Waals surface area contributed by atoms with Crippen LogP contribution < -0.4 is 5.32 Å². The quantitative estimate of drug-likeness (QED) is 0.473. The van der Waals surface area contributed by atoms with Gasteiger partial charge in [-0.15, -0.1) is 0 Å². The molecule has 0 spiro atoms. The summed E-state index contributed by atoms with van der Waals surface area (Å²) in [7, 11) is 0. The predicted molar refractivity (Wildman–Crippen MR) is 85.1 cm³/mol. The van der Waals surface area contributed by atoms with Crippen LogP contribution in [0.5, 0.6) is 0 Å². The Morgan fingerprint density at radius 2 is 2.00 bits per heavy atom. The number of amides is 1. The van der Waals surface area contributed by atoms with Gasteiger partial charge in [0.2, 0.25) is 0 Å². The second-order valence-corrected chi connectivity index (χ2v) is 5.58. The first-order valence-corrected chi connectivity index (χ1v) is 7.52. The van der Waals surface area contributed by atoms with Crippen LogP contribution >= 0.6 is 0 Å². The molecular formula is C16H12F4N4O3. The molecule has 3 rings (SSSR count). The number of benzene rings is 1. The molecule has 2 aromatic heterocycles. The second kappa shape index (κ2) is 6.93. The molecular weight excluding hydrogens is 372 g/mol. The Kier molecular flexibility index (Phi) is 4.81. The molecule has 0 atom stereocenters. The lowest BCUT2D eigenvalue weighted by molar-refractivity contribution is -0.141. The fourth-order valence-corrected chi connectivity index (χ4v) is 2.36. The highest BCUT2D eigenvalue weighted by Gasteiger charge is 2.33. The van der Waals surface area contributed by atoms with E-state index in [2.05, 4.69) is 15.4 Å². The lowest BCUT2D eigenvalue weighted by Gasteiger charge is -2.09. The van der Waals surface area contributed by atoms with Crippen molar-refractivity contribution in [3.05, 3.63) is 53.7 Å². The Bertz CT molecular complexity index is 1000. The summed E-state index contributed by atoms with van der Waals surface area (Å²) >= 11 is 0. The zero-order valence-corrected chi connectivity index (χ0v) is 13.4. The van der Waals surface area contributed by atoms with E-state index >= 15 is 0 Å². The first-order chi connectivity index (χ1) is 12.6. The number of carbonyl (C=O) groups is 1. The van der Waals surface area contributed by atoms with Gasteiger partial charge in [-0.1, -0.05) is 6.07 Å². The van der Waals surface area contributed by atoms with E-state index in [9.17, 15) is 22.4 Å². The van der Waals surface area contributed by atoms with E-state index in [0.717, 1.165) is 18.2 Å². The third kappa shape index (κ3) is 4.20. The molecule has 2 heterocycles. The summed E-state index contributed by atoms with van der Waals surface area (Å²) in [5.74, 6) is -1.88. The van der Waals surface area contributed by atoms with E-state index in [-0.39, 0.29) is 17.7 Å². The number of fused-ring (bicyclic) bond motifs is 1. The molecule has 0 aliphatic heterocycles. The van der Waals surface area contributed by atoms with Crippen molar-refractivity contribution in [2.45, 2.75) is 19.0 Å². The minimum absolute atomic E-state index is 0.198. The van der Waals surface area contributed by atoms with Crippen LogP contribution in [-0.4, -0.2) is 37.2 Å². The van der Waals surface area contributed by atoms with Crippen LogP contribution in [0, 0.1) is 5.82 Å². The molecule has 1 aromatic carbocycles. The maximum Gasteiger partial charge on any atom is 0.433 e. The van der Waals surface area contributed by atoms with Gasteiger partial charge in [0.05, 0.1) is 17.7 Å². The number of rotatable bonds is 4. The zero-order chi connectivity index (χ0) is 19.8. The Labute approximate surface area is 148 Å². The number of aliphatic hydroxyl groups excluding tert-OH is 1. The normalized spacial score (nSPS) is 12.0. The Balaban J connectivity index is 1.87. The number of nitrogens with one attached hydrogen (secondary N) is 1. The van der Waals surface area contributed by atoms with E-state index < -0.39 is 35.6 Å². The summed E-state index contributed by atoms with van der Waals surface area (Å²) < 4.78 is 53.4. The van der Waals surface area contributed by atoms with E-state index in [1.54, 1.807) is 0 Å². The van der Waals surface area contributed by atoms with Gasteiger partial charge in [-0.3, -0.25) is 9.48 Å². The molecule has 11 heteroatoms. The number of anilines is 1. The number of hydrogen-bond acceptors (Lipinski definition) is 5. The number of nitrogens with zero attached hydrogens (tertiary/aromatic N) is 3. The fourth-order valence-electron chi connectivity index (χ4n) is 2.36. The van der Waals surface area contributed by atoms with Crippen LogP contribution in [-0.2, 0) is 12.7 Å². The van der Waals surface area contributed by atoms with E-state index in [1.165, 1.54) is 16.9 Å². The van der Waals surface area contributed by atoms with E-state index in [1.807, 2.05) is 0 Å². The number of aromatic nitrogens is 3. The summed E-state index contributed by atoms with van der Waals surface area (Å²) in [4.78, 5) is 15.4. The number of alkyl halides is 3. The molecule has 1 amide bonds. The van der Waals surface area contributed by atoms with Crippen LogP contribution in [0.25, 0.3) is 10.9 Å². The topological polar surface area (TPSA) is 100 Å². The number of pyridine rings is 1. The Morgan fingerprint density at radius 3 is 2.67 bits per heavy atom. The summed E-state index contributed by atoms with van der Waals surface area (Å²) in [5.41, 5.74) is -1.85. The lowest BCUT2D eigenvalue weighted by Crippen LogP contribution is -2.17. The molecule has 7 nitrogen and oxygen atoms in total. The molecule has 0 fully saturated rings. The van der Waals surface area contributed by atoms with Gasteiger partial charge < -0.3 is 15.5 Å². The maximum atomic E-state index is 14.2. The van der Waals surface area contributed by atoms with Crippen molar-refractivity contribution < 1.29 is 32.6 Å². The molecule has 27 heavy (non-hydrogen) atoms. The summed E-state index contributed by atoms with van der Waals surface area (Å²) in [6.45, 7) is -0.244. The molecule has 0 radical (unpaired) electrons. The van der Waals surface area contributed by atoms with Crippen molar-refractivity contribution in [1.82, 2.24) is 14.8 Å². The number of aliphatic hydroxyl groups is 2. The summed E-state index contributed by atoms with van der Waals surface area (Å²) in [6.07, 6.45) is -4.98. The molecule has 0 saturated carbocycles. The SMILES string of the molecule is O=C(Nc1cc2cn(CC(O)O)nc2cc1F)c1cccc(C(F)(F)F)n1.